The van der Waals surface area contributed by atoms with Crippen LogP contribution in [0.2, 0.25) is 0 Å². The van der Waals surface area contributed by atoms with Crippen molar-refractivity contribution in [1.82, 2.24) is 10.3 Å². The summed E-state index contributed by atoms with van der Waals surface area (Å²) >= 11 is 1.23. The maximum Gasteiger partial charge on any atom is 0.573 e. The zero-order chi connectivity index (χ0) is 20.3. The highest BCUT2D eigenvalue weighted by atomic mass is 32.1. The summed E-state index contributed by atoms with van der Waals surface area (Å²) in [6.07, 6.45) is -4.24. The number of alkyl halides is 3. The summed E-state index contributed by atoms with van der Waals surface area (Å²) in [7, 11) is 1.33. The third kappa shape index (κ3) is 4.98. The largest absolute Gasteiger partial charge is 0.573 e. The number of amides is 1. The van der Waals surface area contributed by atoms with E-state index in [-0.39, 0.29) is 23.5 Å². The molecule has 1 aliphatic heterocycles. The summed E-state index contributed by atoms with van der Waals surface area (Å²) in [5, 5.41) is 7.82. The Bertz CT molecular complexity index is 854. The van der Waals surface area contributed by atoms with Gasteiger partial charge in [0.05, 0.1) is 12.8 Å². The Morgan fingerprint density at radius 1 is 1.29 bits per heavy atom. The van der Waals surface area contributed by atoms with Gasteiger partial charge in [-0.15, -0.1) is 24.5 Å². The van der Waals surface area contributed by atoms with E-state index in [0.717, 1.165) is 17.8 Å². The molecular weight excluding hydrogens is 399 g/mol. The smallest absolute Gasteiger partial charge is 0.468 e. The zero-order valence-corrected chi connectivity index (χ0v) is 15.4. The average Bonchev–Trinajstić information content (AvgIpc) is 3.29. The maximum absolute atomic E-state index is 12.2. The molecule has 1 fully saturated rings. The van der Waals surface area contributed by atoms with Gasteiger partial charge >= 0.3 is 12.3 Å². The molecular formula is C17H16F3N3O4S. The molecule has 0 bridgehead atoms. The maximum atomic E-state index is 12.2. The van der Waals surface area contributed by atoms with Crippen molar-refractivity contribution in [1.29, 1.82) is 0 Å². The average molecular weight is 415 g/mol. The van der Waals surface area contributed by atoms with Crippen LogP contribution in [0.3, 0.4) is 0 Å². The number of thiazole rings is 1. The van der Waals surface area contributed by atoms with Gasteiger partial charge in [0.1, 0.15) is 11.8 Å². The van der Waals surface area contributed by atoms with E-state index in [0.29, 0.717) is 18.1 Å². The quantitative estimate of drug-likeness (QED) is 0.730. The second-order valence-corrected chi connectivity index (χ2v) is 6.88. The third-order valence-electron chi connectivity index (χ3n) is 4.13. The Hall–Kier alpha value is -2.66. The first-order chi connectivity index (χ1) is 13.2. The van der Waals surface area contributed by atoms with Gasteiger partial charge < -0.3 is 14.8 Å². The van der Waals surface area contributed by atoms with Crippen molar-refractivity contribution in [3.63, 3.8) is 0 Å². The van der Waals surface area contributed by atoms with E-state index in [1.165, 1.54) is 30.6 Å². The molecule has 1 amide bonds. The van der Waals surface area contributed by atoms with Crippen LogP contribution in [0.15, 0.2) is 29.6 Å². The lowest BCUT2D eigenvalue weighted by molar-refractivity contribution is -0.274. The van der Waals surface area contributed by atoms with Gasteiger partial charge in [-0.3, -0.25) is 14.9 Å². The Labute approximate surface area is 161 Å². The van der Waals surface area contributed by atoms with Gasteiger partial charge in [0.2, 0.25) is 0 Å². The molecule has 28 heavy (non-hydrogen) atoms. The Kier molecular flexibility index (Phi) is 5.84. The molecule has 0 aliphatic carbocycles. The number of nitrogens with one attached hydrogen (secondary N) is 2. The summed E-state index contributed by atoms with van der Waals surface area (Å²) < 4.78 is 45.0. The lowest BCUT2D eigenvalue weighted by Crippen LogP contribution is -2.31. The van der Waals surface area contributed by atoms with Crippen molar-refractivity contribution in [2.75, 3.05) is 19.0 Å². The molecule has 11 heteroatoms. The molecule has 3 rings (SSSR count). The van der Waals surface area contributed by atoms with Gasteiger partial charge in [-0.05, 0) is 30.7 Å². The number of esters is 1. The topological polar surface area (TPSA) is 89.5 Å². The van der Waals surface area contributed by atoms with Crippen molar-refractivity contribution in [3.05, 3.63) is 40.9 Å². The predicted molar refractivity (Wildman–Crippen MR) is 94.4 cm³/mol. The van der Waals surface area contributed by atoms with Crippen LogP contribution in [-0.2, 0) is 9.53 Å². The fourth-order valence-corrected chi connectivity index (χ4v) is 3.58. The van der Waals surface area contributed by atoms with Crippen LogP contribution in [0.5, 0.6) is 5.75 Å². The monoisotopic (exact) mass is 415 g/mol. The molecule has 2 atom stereocenters. The number of halogens is 3. The van der Waals surface area contributed by atoms with Crippen LogP contribution in [0.1, 0.15) is 28.4 Å². The molecule has 1 aliphatic rings. The highest BCUT2D eigenvalue weighted by Gasteiger charge is 2.32. The fraction of sp³-hybridized carbons (Fsp3) is 0.353. The minimum Gasteiger partial charge on any atom is -0.468 e. The van der Waals surface area contributed by atoms with E-state index in [1.54, 1.807) is 5.38 Å². The molecule has 1 aromatic heterocycles. The van der Waals surface area contributed by atoms with E-state index in [1.807, 2.05) is 0 Å². The minimum absolute atomic E-state index is 0.0183. The first-order valence-corrected chi connectivity index (χ1v) is 9.07. The van der Waals surface area contributed by atoms with E-state index in [4.69, 9.17) is 4.74 Å². The standard InChI is InChI=1S/C17H16F3N3O4S/c1-26-15(25)12-6-10(7-21-12)13-8-28-16(22-13)23-14(24)9-2-4-11(5-3-9)27-17(18,19)20/h2-5,8,10,12,21H,6-7H2,1H3,(H,22,23,24). The Morgan fingerprint density at radius 3 is 2.64 bits per heavy atom. The number of benzene rings is 1. The number of rotatable bonds is 5. The van der Waals surface area contributed by atoms with Crippen molar-refractivity contribution >= 4 is 28.3 Å². The van der Waals surface area contributed by atoms with Crippen LogP contribution in [0.25, 0.3) is 0 Å². The fourth-order valence-electron chi connectivity index (χ4n) is 2.79. The lowest BCUT2D eigenvalue weighted by atomic mass is 10.0. The van der Waals surface area contributed by atoms with Crippen LogP contribution < -0.4 is 15.4 Å². The summed E-state index contributed by atoms with van der Waals surface area (Å²) in [4.78, 5) is 28.2. The summed E-state index contributed by atoms with van der Waals surface area (Å²) in [5.41, 5.74) is 0.910. The molecule has 2 N–H and O–H groups in total. The summed E-state index contributed by atoms with van der Waals surface area (Å²) in [6.45, 7) is 0.567. The van der Waals surface area contributed by atoms with Gasteiger partial charge in [-0.25, -0.2) is 4.98 Å². The molecule has 2 aromatic rings. The second-order valence-electron chi connectivity index (χ2n) is 6.02. The molecule has 0 saturated carbocycles. The van der Waals surface area contributed by atoms with Crippen LogP contribution in [0.4, 0.5) is 18.3 Å². The number of carbonyl (C=O) groups excluding carboxylic acids is 2. The van der Waals surface area contributed by atoms with E-state index >= 15 is 0 Å². The molecule has 7 nitrogen and oxygen atoms in total. The van der Waals surface area contributed by atoms with Crippen LogP contribution in [0, 0.1) is 0 Å². The van der Waals surface area contributed by atoms with Crippen LogP contribution in [-0.4, -0.2) is 42.9 Å². The van der Waals surface area contributed by atoms with Crippen LogP contribution >= 0.6 is 11.3 Å². The molecule has 2 unspecified atom stereocenters. The molecule has 1 saturated heterocycles. The zero-order valence-electron chi connectivity index (χ0n) is 14.6. The van der Waals surface area contributed by atoms with E-state index in [9.17, 15) is 22.8 Å². The number of carbonyl (C=O) groups is 2. The first-order valence-electron chi connectivity index (χ1n) is 8.19. The van der Waals surface area contributed by atoms with Gasteiger partial charge in [0.25, 0.3) is 5.91 Å². The third-order valence-corrected chi connectivity index (χ3v) is 4.90. The van der Waals surface area contributed by atoms with Gasteiger partial charge in [-0.2, -0.15) is 0 Å². The highest BCUT2D eigenvalue weighted by Crippen LogP contribution is 2.29. The Morgan fingerprint density at radius 2 is 2.00 bits per heavy atom. The number of methoxy groups -OCH3 is 1. The normalized spacial score (nSPS) is 19.3. The summed E-state index contributed by atoms with van der Waals surface area (Å²) in [6, 6.07) is 4.20. The van der Waals surface area contributed by atoms with Gasteiger partial charge in [0.15, 0.2) is 5.13 Å². The van der Waals surface area contributed by atoms with E-state index < -0.39 is 18.0 Å². The molecule has 0 spiro atoms. The highest BCUT2D eigenvalue weighted by molar-refractivity contribution is 7.14. The lowest BCUT2D eigenvalue weighted by Gasteiger charge is -2.09. The van der Waals surface area contributed by atoms with Crippen molar-refractivity contribution < 1.29 is 32.2 Å². The first kappa shape index (κ1) is 20.1. The predicted octanol–water partition coefficient (Wildman–Crippen LogP) is 2.91. The SMILES string of the molecule is COC(=O)C1CC(c2csc(NC(=O)c3ccc(OC(F)(F)F)cc3)n2)CN1. The molecule has 0 radical (unpaired) electrons. The number of aromatic nitrogens is 1. The molecule has 150 valence electrons. The van der Waals surface area contributed by atoms with Crippen molar-refractivity contribution in [2.24, 2.45) is 0 Å². The number of hydrogen-bond donors (Lipinski definition) is 2. The van der Waals surface area contributed by atoms with Crippen molar-refractivity contribution in [2.45, 2.75) is 24.7 Å². The second kappa shape index (κ2) is 8.15. The van der Waals surface area contributed by atoms with Gasteiger partial charge in [-0.1, -0.05) is 0 Å². The number of anilines is 1. The number of hydrogen-bond acceptors (Lipinski definition) is 7. The Balaban J connectivity index is 1.59. The summed E-state index contributed by atoms with van der Waals surface area (Å²) in [5.74, 6) is -1.22. The number of nitrogens with zero attached hydrogens (tertiary/aromatic N) is 1. The molecule has 2 heterocycles. The molecule has 1 aromatic carbocycles. The van der Waals surface area contributed by atoms with Gasteiger partial charge in [0, 0.05) is 23.4 Å². The number of ether oxygens (including phenoxy) is 2. The minimum atomic E-state index is -4.79. The van der Waals surface area contributed by atoms with Crippen molar-refractivity contribution in [3.8, 4) is 5.75 Å². The van der Waals surface area contributed by atoms with E-state index in [2.05, 4.69) is 20.4 Å².